The maximum Gasteiger partial charge on any atom is 0.321 e. The molecule has 4 rings (SSSR count). The van der Waals surface area contributed by atoms with Crippen molar-refractivity contribution in [2.45, 2.75) is 32.2 Å². The molecule has 2 aromatic carbocycles. The van der Waals surface area contributed by atoms with Gasteiger partial charge in [-0.25, -0.2) is 9.78 Å². The number of amides is 2. The van der Waals surface area contributed by atoms with Crippen LogP contribution < -0.4 is 10.9 Å². The number of carbonyl (C=O) groups excluding carboxylic acids is 1. The Morgan fingerprint density at radius 3 is 2.54 bits per heavy atom. The van der Waals surface area contributed by atoms with Gasteiger partial charge in [0.2, 0.25) is 0 Å². The molecule has 1 saturated heterocycles. The van der Waals surface area contributed by atoms with Crippen molar-refractivity contribution in [3.8, 4) is 0 Å². The number of piperidine rings is 1. The van der Waals surface area contributed by atoms with E-state index < -0.39 is 0 Å². The molecule has 2 amide bonds. The van der Waals surface area contributed by atoms with Crippen molar-refractivity contribution in [2.24, 2.45) is 0 Å². The Labute approximate surface area is 163 Å². The summed E-state index contributed by atoms with van der Waals surface area (Å²) in [6.07, 6.45) is 4.09. The number of carbonyl (C=O) groups is 1. The molecule has 2 heterocycles. The molecule has 0 aliphatic carbocycles. The number of para-hydroxylation sites is 1. The van der Waals surface area contributed by atoms with E-state index >= 15 is 0 Å². The zero-order valence-corrected chi connectivity index (χ0v) is 16.0. The fourth-order valence-electron chi connectivity index (χ4n) is 3.72. The Morgan fingerprint density at radius 2 is 1.82 bits per heavy atom. The average Bonchev–Trinajstić information content (AvgIpc) is 2.75. The number of hydrogen-bond donors (Lipinski definition) is 1. The number of nitrogens with one attached hydrogen (secondary N) is 1. The number of benzene rings is 2. The van der Waals surface area contributed by atoms with E-state index in [0.717, 1.165) is 30.5 Å². The highest BCUT2D eigenvalue weighted by atomic mass is 16.2. The first-order valence-corrected chi connectivity index (χ1v) is 9.76. The molecule has 1 fully saturated rings. The normalized spacial score (nSPS) is 15.0. The van der Waals surface area contributed by atoms with E-state index in [1.165, 1.54) is 5.56 Å². The molecule has 0 radical (unpaired) electrons. The summed E-state index contributed by atoms with van der Waals surface area (Å²) in [7, 11) is 0. The topological polar surface area (TPSA) is 67.2 Å². The fourth-order valence-corrected chi connectivity index (χ4v) is 3.72. The second-order valence-corrected chi connectivity index (χ2v) is 7.17. The van der Waals surface area contributed by atoms with Crippen LogP contribution in [-0.2, 0) is 6.42 Å². The van der Waals surface area contributed by atoms with Crippen LogP contribution in [-0.4, -0.2) is 33.6 Å². The van der Waals surface area contributed by atoms with Gasteiger partial charge in [0.15, 0.2) is 0 Å². The van der Waals surface area contributed by atoms with Crippen LogP contribution in [0.3, 0.4) is 0 Å². The first-order chi connectivity index (χ1) is 13.7. The molecule has 0 unspecified atom stereocenters. The summed E-state index contributed by atoms with van der Waals surface area (Å²) in [5.41, 5.74) is 2.76. The number of anilines is 1. The Bertz CT molecular complexity index is 1030. The van der Waals surface area contributed by atoms with Crippen LogP contribution >= 0.6 is 0 Å². The van der Waals surface area contributed by atoms with Crippen LogP contribution in [0.5, 0.6) is 0 Å². The maximum atomic E-state index is 12.8. The zero-order valence-electron chi connectivity index (χ0n) is 16.0. The summed E-state index contributed by atoms with van der Waals surface area (Å²) < 4.78 is 1.72. The van der Waals surface area contributed by atoms with Crippen molar-refractivity contribution in [2.75, 3.05) is 18.4 Å². The molecule has 6 nitrogen and oxygen atoms in total. The van der Waals surface area contributed by atoms with Gasteiger partial charge < -0.3 is 10.2 Å². The lowest BCUT2D eigenvalue weighted by Crippen LogP contribution is -2.42. The van der Waals surface area contributed by atoms with Crippen molar-refractivity contribution in [3.63, 3.8) is 0 Å². The summed E-state index contributed by atoms with van der Waals surface area (Å²) in [5, 5.41) is 3.60. The number of fused-ring (bicyclic) bond motifs is 1. The van der Waals surface area contributed by atoms with E-state index in [0.29, 0.717) is 18.5 Å². The highest BCUT2D eigenvalue weighted by molar-refractivity contribution is 5.89. The summed E-state index contributed by atoms with van der Waals surface area (Å²) in [6, 6.07) is 15.3. The molecule has 0 saturated carbocycles. The second-order valence-electron chi connectivity index (χ2n) is 7.17. The molecule has 0 spiro atoms. The predicted octanol–water partition coefficient (Wildman–Crippen LogP) is 3.83. The highest BCUT2D eigenvalue weighted by Gasteiger charge is 2.25. The third-order valence-corrected chi connectivity index (χ3v) is 5.45. The van der Waals surface area contributed by atoms with E-state index in [1.54, 1.807) is 10.9 Å². The van der Waals surface area contributed by atoms with Crippen LogP contribution in [0.4, 0.5) is 10.5 Å². The lowest BCUT2D eigenvalue weighted by atomic mass is 10.0. The van der Waals surface area contributed by atoms with Gasteiger partial charge in [-0.3, -0.25) is 9.36 Å². The van der Waals surface area contributed by atoms with Gasteiger partial charge in [0.25, 0.3) is 5.56 Å². The first kappa shape index (κ1) is 18.2. The van der Waals surface area contributed by atoms with Gasteiger partial charge in [-0.1, -0.05) is 31.2 Å². The van der Waals surface area contributed by atoms with Crippen molar-refractivity contribution in [1.82, 2.24) is 14.5 Å². The molecule has 1 aromatic heterocycles. The SMILES string of the molecule is CCc1ccc(NC(=O)N2CCC(n3cnc4ccccc4c3=O)CC2)cc1. The van der Waals surface area contributed by atoms with E-state index in [2.05, 4.69) is 17.2 Å². The molecular formula is C22H24N4O2. The van der Waals surface area contributed by atoms with Crippen LogP contribution in [0.2, 0.25) is 0 Å². The summed E-state index contributed by atoms with van der Waals surface area (Å²) in [6.45, 7) is 3.33. The molecular weight excluding hydrogens is 352 g/mol. The van der Waals surface area contributed by atoms with Crippen LogP contribution in [0.1, 0.15) is 31.4 Å². The monoisotopic (exact) mass is 376 g/mol. The molecule has 0 bridgehead atoms. The minimum absolute atomic E-state index is 0.00971. The van der Waals surface area contributed by atoms with Gasteiger partial charge in [0, 0.05) is 24.8 Å². The van der Waals surface area contributed by atoms with Crippen LogP contribution in [0.25, 0.3) is 10.9 Å². The lowest BCUT2D eigenvalue weighted by Gasteiger charge is -2.32. The molecule has 6 heteroatoms. The van der Waals surface area contributed by atoms with Gasteiger partial charge >= 0.3 is 6.03 Å². The van der Waals surface area contributed by atoms with Crippen molar-refractivity contribution in [1.29, 1.82) is 0 Å². The Morgan fingerprint density at radius 1 is 1.11 bits per heavy atom. The van der Waals surface area contributed by atoms with E-state index in [9.17, 15) is 9.59 Å². The summed E-state index contributed by atoms with van der Waals surface area (Å²) in [5.74, 6) is 0. The quantitative estimate of drug-likeness (QED) is 0.755. The number of aryl methyl sites for hydroxylation is 1. The van der Waals surface area contributed by atoms with Gasteiger partial charge in [-0.05, 0) is 49.1 Å². The molecule has 0 atom stereocenters. The van der Waals surface area contributed by atoms with Gasteiger partial charge in [-0.2, -0.15) is 0 Å². The lowest BCUT2D eigenvalue weighted by molar-refractivity contribution is 0.182. The Kier molecular flexibility index (Phi) is 5.10. The third kappa shape index (κ3) is 3.63. The molecule has 3 aromatic rings. The largest absolute Gasteiger partial charge is 0.324 e. The smallest absolute Gasteiger partial charge is 0.321 e. The highest BCUT2D eigenvalue weighted by Crippen LogP contribution is 2.22. The molecule has 1 aliphatic heterocycles. The summed E-state index contributed by atoms with van der Waals surface area (Å²) >= 11 is 0. The number of urea groups is 1. The summed E-state index contributed by atoms with van der Waals surface area (Å²) in [4.78, 5) is 31.5. The number of aromatic nitrogens is 2. The molecule has 1 N–H and O–H groups in total. The number of hydrogen-bond acceptors (Lipinski definition) is 3. The number of nitrogens with zero attached hydrogens (tertiary/aromatic N) is 3. The van der Waals surface area contributed by atoms with E-state index in [1.807, 2.05) is 53.4 Å². The Hall–Kier alpha value is -3.15. The molecule has 1 aliphatic rings. The van der Waals surface area contributed by atoms with Crippen molar-refractivity contribution >= 4 is 22.6 Å². The minimum Gasteiger partial charge on any atom is -0.324 e. The average molecular weight is 376 g/mol. The standard InChI is InChI=1S/C22H24N4O2/c1-2-16-7-9-17(10-8-16)24-22(28)25-13-11-18(12-14-25)26-15-23-20-6-4-3-5-19(20)21(26)27/h3-10,15,18H,2,11-14H2,1H3,(H,24,28). The Balaban J connectivity index is 1.41. The minimum atomic E-state index is -0.0910. The van der Waals surface area contributed by atoms with Crippen molar-refractivity contribution < 1.29 is 4.79 Å². The molecule has 144 valence electrons. The predicted molar refractivity (Wildman–Crippen MR) is 111 cm³/mol. The van der Waals surface area contributed by atoms with Crippen LogP contribution in [0.15, 0.2) is 59.7 Å². The first-order valence-electron chi connectivity index (χ1n) is 9.76. The fraction of sp³-hybridized carbons (Fsp3) is 0.318. The van der Waals surface area contributed by atoms with Gasteiger partial charge in [0.05, 0.1) is 17.2 Å². The van der Waals surface area contributed by atoms with Crippen molar-refractivity contribution in [3.05, 3.63) is 70.8 Å². The third-order valence-electron chi connectivity index (χ3n) is 5.45. The second kappa shape index (κ2) is 7.84. The number of rotatable bonds is 3. The van der Waals surface area contributed by atoms with E-state index in [-0.39, 0.29) is 17.6 Å². The van der Waals surface area contributed by atoms with Crippen LogP contribution in [0, 0.1) is 0 Å². The van der Waals surface area contributed by atoms with E-state index in [4.69, 9.17) is 0 Å². The zero-order chi connectivity index (χ0) is 19.5. The molecule has 28 heavy (non-hydrogen) atoms. The van der Waals surface area contributed by atoms with Gasteiger partial charge in [0.1, 0.15) is 0 Å². The maximum absolute atomic E-state index is 12.8. The van der Waals surface area contributed by atoms with Gasteiger partial charge in [-0.15, -0.1) is 0 Å². The number of likely N-dealkylation sites (tertiary alicyclic amines) is 1.